The van der Waals surface area contributed by atoms with Crippen molar-refractivity contribution in [1.29, 1.82) is 0 Å². The van der Waals surface area contributed by atoms with E-state index in [1.807, 2.05) is 28.1 Å². The van der Waals surface area contributed by atoms with Gasteiger partial charge >= 0.3 is 0 Å². The van der Waals surface area contributed by atoms with Gasteiger partial charge in [0.15, 0.2) is 0 Å². The van der Waals surface area contributed by atoms with E-state index in [4.69, 9.17) is 0 Å². The lowest BCUT2D eigenvalue weighted by molar-refractivity contribution is 0.0790. The fourth-order valence-corrected chi connectivity index (χ4v) is 1.82. The molecule has 0 radical (unpaired) electrons. The maximum Gasteiger partial charge on any atom is 0.253 e. The van der Waals surface area contributed by atoms with Crippen molar-refractivity contribution in [2.45, 2.75) is 13.3 Å². The second kappa shape index (κ2) is 6.40. The van der Waals surface area contributed by atoms with Gasteiger partial charge in [-0.25, -0.2) is 0 Å². The van der Waals surface area contributed by atoms with Gasteiger partial charge < -0.3 is 14.9 Å². The van der Waals surface area contributed by atoms with E-state index in [9.17, 15) is 9.90 Å². The molecule has 0 fully saturated rings. The lowest BCUT2D eigenvalue weighted by Crippen LogP contribution is -2.30. The Kier molecular flexibility index (Phi) is 5.16. The lowest BCUT2D eigenvalue weighted by atomic mass is 10.1. The zero-order valence-electron chi connectivity index (χ0n) is 11.6. The molecule has 1 rings (SSSR count). The molecular weight excluding hydrogens is 228 g/mol. The highest BCUT2D eigenvalue weighted by atomic mass is 16.3. The number of carbonyl (C=O) groups is 1. The minimum atomic E-state index is 0.00579. The molecule has 100 valence electrons. The molecule has 0 saturated carbocycles. The van der Waals surface area contributed by atoms with E-state index in [0.717, 1.165) is 25.1 Å². The molecule has 4 heteroatoms. The van der Waals surface area contributed by atoms with Gasteiger partial charge in [0.05, 0.1) is 0 Å². The second-order valence-electron chi connectivity index (χ2n) is 4.88. The first kappa shape index (κ1) is 14.5. The summed E-state index contributed by atoms with van der Waals surface area (Å²) in [5, 5.41) is 9.33. The van der Waals surface area contributed by atoms with Gasteiger partial charge in [-0.15, -0.1) is 0 Å². The smallest absolute Gasteiger partial charge is 0.253 e. The molecule has 0 aliphatic heterocycles. The average molecular weight is 250 g/mol. The molecule has 1 N–H and O–H groups in total. The van der Waals surface area contributed by atoms with Crippen molar-refractivity contribution in [3.05, 3.63) is 29.3 Å². The van der Waals surface area contributed by atoms with E-state index in [2.05, 4.69) is 4.90 Å². The molecule has 1 amide bonds. The Morgan fingerprint density at radius 3 is 2.44 bits per heavy atom. The van der Waals surface area contributed by atoms with Crippen LogP contribution in [0.3, 0.4) is 0 Å². The number of nitrogens with zero attached hydrogens (tertiary/aromatic N) is 2. The van der Waals surface area contributed by atoms with E-state index >= 15 is 0 Å². The Labute approximate surface area is 109 Å². The van der Waals surface area contributed by atoms with Gasteiger partial charge in [-0.3, -0.25) is 4.79 Å². The summed E-state index contributed by atoms with van der Waals surface area (Å²) in [6.07, 6.45) is 0.951. The van der Waals surface area contributed by atoms with E-state index < -0.39 is 0 Å². The minimum absolute atomic E-state index is 0.00579. The van der Waals surface area contributed by atoms with Crippen LogP contribution in [-0.4, -0.2) is 55.0 Å². The predicted molar refractivity (Wildman–Crippen MR) is 73.0 cm³/mol. The monoisotopic (exact) mass is 250 g/mol. The Morgan fingerprint density at radius 2 is 1.89 bits per heavy atom. The van der Waals surface area contributed by atoms with Gasteiger partial charge in [0.1, 0.15) is 5.75 Å². The number of aryl methyl sites for hydroxylation is 1. The highest BCUT2D eigenvalue weighted by Gasteiger charge is 2.13. The van der Waals surface area contributed by atoms with Gasteiger partial charge in [-0.2, -0.15) is 0 Å². The number of hydrogen-bond acceptors (Lipinski definition) is 3. The fraction of sp³-hybridized carbons (Fsp3) is 0.500. The quantitative estimate of drug-likeness (QED) is 0.865. The molecule has 0 aliphatic carbocycles. The molecular formula is C14H22N2O2. The van der Waals surface area contributed by atoms with Crippen molar-refractivity contribution < 1.29 is 9.90 Å². The Bertz CT molecular complexity index is 416. The van der Waals surface area contributed by atoms with Crippen LogP contribution in [0, 0.1) is 6.92 Å². The summed E-state index contributed by atoms with van der Waals surface area (Å²) in [6.45, 7) is 3.53. The summed E-state index contributed by atoms with van der Waals surface area (Å²) in [5.74, 6) is 0.200. The summed E-state index contributed by atoms with van der Waals surface area (Å²) in [7, 11) is 5.85. The normalized spacial score (nSPS) is 10.7. The Balaban J connectivity index is 2.63. The van der Waals surface area contributed by atoms with Crippen LogP contribution in [0.15, 0.2) is 18.2 Å². The number of amides is 1. The van der Waals surface area contributed by atoms with E-state index in [1.165, 1.54) is 0 Å². The van der Waals surface area contributed by atoms with Crippen molar-refractivity contribution in [3.8, 4) is 5.75 Å². The Hall–Kier alpha value is -1.55. The largest absolute Gasteiger partial charge is 0.508 e. The number of phenolic OH excluding ortho intramolecular Hbond substituents is 1. The summed E-state index contributed by atoms with van der Waals surface area (Å²) in [5.41, 5.74) is 1.46. The number of rotatable bonds is 5. The third-order valence-corrected chi connectivity index (χ3v) is 2.89. The molecule has 0 bridgehead atoms. The maximum atomic E-state index is 12.2. The number of hydrogen-bond donors (Lipinski definition) is 1. The van der Waals surface area contributed by atoms with E-state index in [-0.39, 0.29) is 11.7 Å². The third kappa shape index (κ3) is 4.04. The van der Waals surface area contributed by atoms with E-state index in [1.54, 1.807) is 23.1 Å². The Morgan fingerprint density at radius 1 is 1.22 bits per heavy atom. The van der Waals surface area contributed by atoms with Crippen LogP contribution in [0.25, 0.3) is 0 Å². The molecule has 0 heterocycles. The first-order valence-electron chi connectivity index (χ1n) is 6.11. The average Bonchev–Trinajstić information content (AvgIpc) is 2.27. The zero-order valence-corrected chi connectivity index (χ0v) is 11.6. The first-order chi connectivity index (χ1) is 8.41. The fourth-order valence-electron chi connectivity index (χ4n) is 1.82. The van der Waals surface area contributed by atoms with Crippen LogP contribution in [0.4, 0.5) is 0 Å². The molecule has 0 saturated heterocycles. The minimum Gasteiger partial charge on any atom is -0.508 e. The molecule has 1 aromatic rings. The number of carbonyl (C=O) groups excluding carboxylic acids is 1. The maximum absolute atomic E-state index is 12.2. The standard InChI is InChI=1S/C14H22N2O2/c1-11-10-12(17)6-7-13(11)14(18)16(4)9-5-8-15(2)3/h6-7,10,17H,5,8-9H2,1-4H3. The molecule has 0 atom stereocenters. The van der Waals surface area contributed by atoms with Crippen LogP contribution in [0.1, 0.15) is 22.3 Å². The van der Waals surface area contributed by atoms with Crippen molar-refractivity contribution in [3.63, 3.8) is 0 Å². The highest BCUT2D eigenvalue weighted by Crippen LogP contribution is 2.17. The van der Waals surface area contributed by atoms with Crippen molar-refractivity contribution in [2.75, 3.05) is 34.2 Å². The predicted octanol–water partition coefficient (Wildman–Crippen LogP) is 1.72. The second-order valence-corrected chi connectivity index (χ2v) is 4.88. The molecule has 0 spiro atoms. The molecule has 4 nitrogen and oxygen atoms in total. The molecule has 0 aliphatic rings. The van der Waals surface area contributed by atoms with Crippen LogP contribution < -0.4 is 0 Å². The SMILES string of the molecule is Cc1cc(O)ccc1C(=O)N(C)CCCN(C)C. The number of benzene rings is 1. The van der Waals surface area contributed by atoms with Gasteiger partial charge in [-0.05, 0) is 57.7 Å². The van der Waals surface area contributed by atoms with E-state index in [0.29, 0.717) is 5.56 Å². The highest BCUT2D eigenvalue weighted by molar-refractivity contribution is 5.95. The van der Waals surface area contributed by atoms with Gasteiger partial charge in [0.25, 0.3) is 5.91 Å². The van der Waals surface area contributed by atoms with Crippen LogP contribution in [0.5, 0.6) is 5.75 Å². The number of aromatic hydroxyl groups is 1. The van der Waals surface area contributed by atoms with Crippen molar-refractivity contribution in [1.82, 2.24) is 9.80 Å². The van der Waals surface area contributed by atoms with Crippen molar-refractivity contribution >= 4 is 5.91 Å². The van der Waals surface area contributed by atoms with Gasteiger partial charge in [0, 0.05) is 19.2 Å². The molecule has 0 unspecified atom stereocenters. The molecule has 1 aromatic carbocycles. The number of phenols is 1. The third-order valence-electron chi connectivity index (χ3n) is 2.89. The molecule has 18 heavy (non-hydrogen) atoms. The summed E-state index contributed by atoms with van der Waals surface area (Å²) in [4.78, 5) is 16.0. The van der Waals surface area contributed by atoms with Crippen LogP contribution in [-0.2, 0) is 0 Å². The first-order valence-corrected chi connectivity index (χ1v) is 6.11. The van der Waals surface area contributed by atoms with Gasteiger partial charge in [0.2, 0.25) is 0 Å². The van der Waals surface area contributed by atoms with Crippen LogP contribution in [0.2, 0.25) is 0 Å². The zero-order chi connectivity index (χ0) is 13.7. The topological polar surface area (TPSA) is 43.8 Å². The van der Waals surface area contributed by atoms with Crippen molar-refractivity contribution in [2.24, 2.45) is 0 Å². The van der Waals surface area contributed by atoms with Crippen LogP contribution >= 0.6 is 0 Å². The molecule has 0 aromatic heterocycles. The van der Waals surface area contributed by atoms with Gasteiger partial charge in [-0.1, -0.05) is 0 Å². The summed E-state index contributed by atoms with van der Waals surface area (Å²) < 4.78 is 0. The summed E-state index contributed by atoms with van der Waals surface area (Å²) >= 11 is 0. The lowest BCUT2D eigenvalue weighted by Gasteiger charge is -2.19. The summed E-state index contributed by atoms with van der Waals surface area (Å²) in [6, 6.07) is 4.84.